The Bertz CT molecular complexity index is 883. The maximum atomic E-state index is 12.3. The number of aromatic nitrogens is 3. The van der Waals surface area contributed by atoms with Gasteiger partial charge >= 0.3 is 0 Å². The Morgan fingerprint density at radius 2 is 2.28 bits per heavy atom. The molecule has 1 N–H and O–H groups in total. The first-order valence-corrected chi connectivity index (χ1v) is 10.5. The fourth-order valence-electron chi connectivity index (χ4n) is 3.11. The van der Waals surface area contributed by atoms with E-state index >= 15 is 0 Å². The van der Waals surface area contributed by atoms with Gasteiger partial charge in [0.25, 0.3) is 0 Å². The van der Waals surface area contributed by atoms with Gasteiger partial charge in [-0.25, -0.2) is 0 Å². The fourth-order valence-corrected chi connectivity index (χ4v) is 4.01. The lowest BCUT2D eigenvalue weighted by molar-refractivity contribution is -0.117. The standard InChI is InChI=1S/C20H25N5O3S/c1-3-10-25-17(14-28-2)22-23-20(25)29-12-9-18(26)21-15-6-4-7-16(13-15)24-11-5-8-19(24)27/h3-4,6-7,13H,1,5,8-12,14H2,2H3,(H,21,26). The highest BCUT2D eigenvalue weighted by atomic mass is 32.2. The summed E-state index contributed by atoms with van der Waals surface area (Å²) in [5.74, 6) is 1.33. The third-order valence-electron chi connectivity index (χ3n) is 4.45. The number of thioether (sulfide) groups is 1. The lowest BCUT2D eigenvalue weighted by atomic mass is 10.2. The molecule has 1 fully saturated rings. The van der Waals surface area contributed by atoms with Crippen LogP contribution in [-0.4, -0.2) is 46.0 Å². The van der Waals surface area contributed by atoms with E-state index < -0.39 is 0 Å². The van der Waals surface area contributed by atoms with Crippen LogP contribution in [0.1, 0.15) is 25.1 Å². The van der Waals surface area contributed by atoms with Gasteiger partial charge in [-0.1, -0.05) is 23.9 Å². The lowest BCUT2D eigenvalue weighted by Crippen LogP contribution is -2.23. The van der Waals surface area contributed by atoms with Crippen LogP contribution in [0.15, 0.2) is 42.1 Å². The van der Waals surface area contributed by atoms with Gasteiger partial charge in [0.15, 0.2) is 11.0 Å². The van der Waals surface area contributed by atoms with Crippen molar-refractivity contribution in [3.8, 4) is 0 Å². The Morgan fingerprint density at radius 1 is 1.41 bits per heavy atom. The molecule has 3 rings (SSSR count). The van der Waals surface area contributed by atoms with Crippen LogP contribution in [0.5, 0.6) is 0 Å². The molecular weight excluding hydrogens is 390 g/mol. The zero-order chi connectivity index (χ0) is 20.6. The summed E-state index contributed by atoms with van der Waals surface area (Å²) < 4.78 is 7.06. The van der Waals surface area contributed by atoms with Crippen molar-refractivity contribution in [2.75, 3.05) is 29.6 Å². The van der Waals surface area contributed by atoms with Gasteiger partial charge < -0.3 is 19.5 Å². The summed E-state index contributed by atoms with van der Waals surface area (Å²) in [6, 6.07) is 7.40. The highest BCUT2D eigenvalue weighted by Crippen LogP contribution is 2.24. The number of benzene rings is 1. The Hall–Kier alpha value is -2.65. The van der Waals surface area contributed by atoms with Crippen LogP contribution in [-0.2, 0) is 27.5 Å². The number of carbonyl (C=O) groups is 2. The second-order valence-electron chi connectivity index (χ2n) is 6.58. The minimum Gasteiger partial charge on any atom is -0.377 e. The van der Waals surface area contributed by atoms with Gasteiger partial charge in [-0.2, -0.15) is 0 Å². The number of carbonyl (C=O) groups excluding carboxylic acids is 2. The summed E-state index contributed by atoms with van der Waals surface area (Å²) in [4.78, 5) is 26.0. The van der Waals surface area contributed by atoms with E-state index in [1.54, 1.807) is 18.1 Å². The Balaban J connectivity index is 1.53. The van der Waals surface area contributed by atoms with E-state index in [0.29, 0.717) is 37.4 Å². The molecule has 0 bridgehead atoms. The van der Waals surface area contributed by atoms with Crippen LogP contribution in [0, 0.1) is 0 Å². The van der Waals surface area contributed by atoms with Crippen molar-refractivity contribution in [1.29, 1.82) is 0 Å². The molecule has 1 aromatic carbocycles. The van der Waals surface area contributed by atoms with Crippen molar-refractivity contribution in [1.82, 2.24) is 14.8 Å². The fraction of sp³-hybridized carbons (Fsp3) is 0.400. The molecule has 2 heterocycles. The number of allylic oxidation sites excluding steroid dienone is 1. The van der Waals surface area contributed by atoms with Gasteiger partial charge in [-0.15, -0.1) is 16.8 Å². The third-order valence-corrected chi connectivity index (χ3v) is 5.42. The quantitative estimate of drug-likeness (QED) is 0.474. The predicted molar refractivity (Wildman–Crippen MR) is 113 cm³/mol. The van der Waals surface area contributed by atoms with E-state index in [1.807, 2.05) is 28.8 Å². The van der Waals surface area contributed by atoms with Gasteiger partial charge in [0.05, 0.1) is 0 Å². The summed E-state index contributed by atoms with van der Waals surface area (Å²) in [6.07, 6.45) is 3.56. The van der Waals surface area contributed by atoms with E-state index in [-0.39, 0.29) is 11.8 Å². The number of hydrogen-bond donors (Lipinski definition) is 1. The molecule has 29 heavy (non-hydrogen) atoms. The highest BCUT2D eigenvalue weighted by Gasteiger charge is 2.21. The summed E-state index contributed by atoms with van der Waals surface area (Å²) in [6.45, 7) is 5.44. The first-order chi connectivity index (χ1) is 14.1. The Kier molecular flexibility index (Phi) is 7.42. The van der Waals surface area contributed by atoms with Crippen molar-refractivity contribution in [2.24, 2.45) is 0 Å². The second-order valence-corrected chi connectivity index (χ2v) is 7.64. The SMILES string of the molecule is C=CCn1c(COC)nnc1SCCC(=O)Nc1cccc(N2CCCC2=O)c1. The molecule has 0 aliphatic carbocycles. The molecule has 0 atom stereocenters. The number of methoxy groups -OCH3 is 1. The van der Waals surface area contributed by atoms with Gasteiger partial charge in [0.2, 0.25) is 11.8 Å². The number of anilines is 2. The van der Waals surface area contributed by atoms with Crippen LogP contribution >= 0.6 is 11.8 Å². The minimum absolute atomic E-state index is 0.0886. The largest absolute Gasteiger partial charge is 0.377 e. The Morgan fingerprint density at radius 3 is 3.00 bits per heavy atom. The van der Waals surface area contributed by atoms with Gasteiger partial charge in [-0.3, -0.25) is 9.59 Å². The molecule has 0 spiro atoms. The number of rotatable bonds is 10. The number of ether oxygens (including phenoxy) is 1. The van der Waals surface area contributed by atoms with Crippen molar-refractivity contribution in [3.05, 3.63) is 42.7 Å². The van der Waals surface area contributed by atoms with Crippen molar-refractivity contribution < 1.29 is 14.3 Å². The van der Waals surface area contributed by atoms with Gasteiger partial charge in [-0.05, 0) is 24.6 Å². The first-order valence-electron chi connectivity index (χ1n) is 9.47. The van der Waals surface area contributed by atoms with Crippen molar-refractivity contribution in [3.63, 3.8) is 0 Å². The molecule has 1 aliphatic heterocycles. The molecule has 0 unspecified atom stereocenters. The maximum Gasteiger partial charge on any atom is 0.227 e. The summed E-state index contributed by atoms with van der Waals surface area (Å²) in [5, 5.41) is 11.9. The third kappa shape index (κ3) is 5.45. The van der Waals surface area contributed by atoms with Crippen LogP contribution in [0.25, 0.3) is 0 Å². The lowest BCUT2D eigenvalue weighted by Gasteiger charge is -2.16. The summed E-state index contributed by atoms with van der Waals surface area (Å²) in [5.41, 5.74) is 1.51. The topological polar surface area (TPSA) is 89.3 Å². The van der Waals surface area contributed by atoms with Crippen LogP contribution < -0.4 is 10.2 Å². The van der Waals surface area contributed by atoms with E-state index in [0.717, 1.165) is 29.6 Å². The molecule has 1 aliphatic rings. The molecule has 9 heteroatoms. The number of amides is 2. The van der Waals surface area contributed by atoms with Gasteiger partial charge in [0.1, 0.15) is 6.61 Å². The molecule has 2 amide bonds. The molecule has 8 nitrogen and oxygen atoms in total. The first kappa shape index (κ1) is 21.1. The van der Waals surface area contributed by atoms with Crippen molar-refractivity contribution >= 4 is 35.0 Å². The zero-order valence-corrected chi connectivity index (χ0v) is 17.3. The average molecular weight is 416 g/mol. The zero-order valence-electron chi connectivity index (χ0n) is 16.5. The summed E-state index contributed by atoms with van der Waals surface area (Å²) >= 11 is 1.47. The maximum absolute atomic E-state index is 12.3. The summed E-state index contributed by atoms with van der Waals surface area (Å²) in [7, 11) is 1.61. The molecular formula is C20H25N5O3S. The van der Waals surface area contributed by atoms with E-state index in [4.69, 9.17) is 4.74 Å². The molecule has 1 aromatic heterocycles. The normalized spacial score (nSPS) is 13.7. The smallest absolute Gasteiger partial charge is 0.227 e. The average Bonchev–Trinajstić information content (AvgIpc) is 3.29. The molecule has 0 radical (unpaired) electrons. The van der Waals surface area contributed by atoms with Crippen LogP contribution in [0.3, 0.4) is 0 Å². The predicted octanol–water partition coefficient (Wildman–Crippen LogP) is 2.86. The molecule has 154 valence electrons. The minimum atomic E-state index is -0.0886. The van der Waals surface area contributed by atoms with Crippen molar-refractivity contribution in [2.45, 2.75) is 37.6 Å². The highest BCUT2D eigenvalue weighted by molar-refractivity contribution is 7.99. The number of nitrogens with one attached hydrogen (secondary N) is 1. The molecule has 0 saturated carbocycles. The van der Waals surface area contributed by atoms with Crippen LogP contribution in [0.2, 0.25) is 0 Å². The molecule has 1 saturated heterocycles. The van der Waals surface area contributed by atoms with Gasteiger partial charge in [0, 0.05) is 50.2 Å². The van der Waals surface area contributed by atoms with E-state index in [2.05, 4.69) is 22.1 Å². The molecule has 2 aromatic rings. The number of hydrogen-bond acceptors (Lipinski definition) is 6. The van der Waals surface area contributed by atoms with E-state index in [1.165, 1.54) is 11.8 Å². The second kappa shape index (κ2) is 10.2. The van der Waals surface area contributed by atoms with Crippen LogP contribution in [0.4, 0.5) is 11.4 Å². The number of nitrogens with zero attached hydrogens (tertiary/aromatic N) is 4. The Labute approximate surface area is 174 Å². The monoisotopic (exact) mass is 415 g/mol. The van der Waals surface area contributed by atoms with E-state index in [9.17, 15) is 9.59 Å².